The number of ketones is 1. The van der Waals surface area contributed by atoms with E-state index >= 15 is 0 Å². The highest BCUT2D eigenvalue weighted by molar-refractivity contribution is 5.93. The quantitative estimate of drug-likeness (QED) is 0.937. The molecule has 112 valence electrons. The van der Waals surface area contributed by atoms with E-state index in [1.165, 1.54) is 18.2 Å². The van der Waals surface area contributed by atoms with Gasteiger partial charge in [-0.1, -0.05) is 48.5 Å². The van der Waals surface area contributed by atoms with Crippen molar-refractivity contribution in [3.63, 3.8) is 0 Å². The van der Waals surface area contributed by atoms with Gasteiger partial charge in [-0.2, -0.15) is 0 Å². The minimum atomic E-state index is -1.44. The molecule has 1 fully saturated rings. The Kier molecular flexibility index (Phi) is 3.90. The lowest BCUT2D eigenvalue weighted by Gasteiger charge is -2.16. The zero-order valence-corrected chi connectivity index (χ0v) is 12.1. The van der Waals surface area contributed by atoms with Gasteiger partial charge in [0.2, 0.25) is 0 Å². The molecule has 1 aliphatic rings. The molecule has 2 aromatic rings. The second kappa shape index (κ2) is 5.85. The second-order valence-electron chi connectivity index (χ2n) is 5.75. The first-order chi connectivity index (χ1) is 10.6. The predicted molar refractivity (Wildman–Crippen MR) is 83.8 cm³/mol. The number of hydrogen-bond acceptors (Lipinski definition) is 2. The Morgan fingerprint density at radius 3 is 2.45 bits per heavy atom. The van der Waals surface area contributed by atoms with Crippen molar-refractivity contribution in [2.45, 2.75) is 24.4 Å². The van der Waals surface area contributed by atoms with E-state index in [9.17, 15) is 14.3 Å². The summed E-state index contributed by atoms with van der Waals surface area (Å²) < 4.78 is 12.9. The molecule has 1 aliphatic carbocycles. The molecule has 0 heterocycles. The smallest absolute Gasteiger partial charge is 0.168 e. The molecule has 3 rings (SSSR count). The van der Waals surface area contributed by atoms with E-state index in [2.05, 4.69) is 0 Å². The summed E-state index contributed by atoms with van der Waals surface area (Å²) in [5, 5.41) is 10.6. The van der Waals surface area contributed by atoms with Gasteiger partial charge >= 0.3 is 0 Å². The van der Waals surface area contributed by atoms with Crippen LogP contribution in [0.2, 0.25) is 0 Å². The first-order valence-corrected chi connectivity index (χ1v) is 7.32. The lowest BCUT2D eigenvalue weighted by molar-refractivity contribution is -0.129. The summed E-state index contributed by atoms with van der Waals surface area (Å²) in [5.41, 5.74) is 0.391. The molecule has 0 aromatic heterocycles. The number of rotatable bonds is 3. The number of carbonyl (C=O) groups excluding carboxylic acids is 1. The number of halogens is 1. The zero-order chi connectivity index (χ0) is 15.6. The summed E-state index contributed by atoms with van der Waals surface area (Å²) in [5.74, 6) is -0.437. The van der Waals surface area contributed by atoms with Crippen LogP contribution in [0.5, 0.6) is 0 Å². The first kappa shape index (κ1) is 14.7. The fourth-order valence-electron chi connectivity index (χ4n) is 2.89. The van der Waals surface area contributed by atoms with Crippen molar-refractivity contribution < 1.29 is 14.3 Å². The minimum Gasteiger partial charge on any atom is -0.378 e. The Labute approximate surface area is 128 Å². The fraction of sp³-hybridized carbons (Fsp3) is 0.211. The lowest BCUT2D eigenvalue weighted by Crippen LogP contribution is -2.30. The SMILES string of the molecule is O=C1C[C@H](c2ccccc2)C[C@@]1(O)/C=C/c1ccc(F)cc1. The molecular formula is C19H17FO2. The van der Waals surface area contributed by atoms with Gasteiger partial charge in [-0.05, 0) is 41.7 Å². The van der Waals surface area contributed by atoms with Crippen molar-refractivity contribution in [1.29, 1.82) is 0 Å². The second-order valence-corrected chi connectivity index (χ2v) is 5.75. The maximum Gasteiger partial charge on any atom is 0.168 e. The van der Waals surface area contributed by atoms with Gasteiger partial charge in [0, 0.05) is 6.42 Å². The molecule has 22 heavy (non-hydrogen) atoms. The fourth-order valence-corrected chi connectivity index (χ4v) is 2.89. The van der Waals surface area contributed by atoms with E-state index in [-0.39, 0.29) is 17.5 Å². The van der Waals surface area contributed by atoms with Crippen LogP contribution in [0.15, 0.2) is 60.7 Å². The van der Waals surface area contributed by atoms with E-state index in [0.717, 1.165) is 11.1 Å². The summed E-state index contributed by atoms with van der Waals surface area (Å²) in [7, 11) is 0. The van der Waals surface area contributed by atoms with Crippen molar-refractivity contribution >= 4 is 11.9 Å². The van der Waals surface area contributed by atoms with Crippen molar-refractivity contribution in [2.24, 2.45) is 0 Å². The summed E-state index contributed by atoms with van der Waals surface area (Å²) in [4.78, 5) is 12.2. The molecule has 1 N–H and O–H groups in total. The third-order valence-corrected chi connectivity index (χ3v) is 4.16. The van der Waals surface area contributed by atoms with Crippen LogP contribution in [0.3, 0.4) is 0 Å². The summed E-state index contributed by atoms with van der Waals surface area (Å²) in [6, 6.07) is 15.7. The van der Waals surface area contributed by atoms with Crippen LogP contribution < -0.4 is 0 Å². The highest BCUT2D eigenvalue weighted by Crippen LogP contribution is 2.39. The minimum absolute atomic E-state index is 0.0385. The first-order valence-electron chi connectivity index (χ1n) is 7.32. The molecule has 0 unspecified atom stereocenters. The number of benzene rings is 2. The molecule has 0 radical (unpaired) electrons. The number of hydrogen-bond donors (Lipinski definition) is 1. The Hall–Kier alpha value is -2.26. The molecule has 0 bridgehead atoms. The van der Waals surface area contributed by atoms with Crippen molar-refractivity contribution in [2.75, 3.05) is 0 Å². The Morgan fingerprint density at radius 1 is 1.09 bits per heavy atom. The topological polar surface area (TPSA) is 37.3 Å². The van der Waals surface area contributed by atoms with Crippen molar-refractivity contribution in [3.05, 3.63) is 77.6 Å². The summed E-state index contributed by atoms with van der Waals surface area (Å²) in [6.45, 7) is 0. The Morgan fingerprint density at radius 2 is 1.77 bits per heavy atom. The largest absolute Gasteiger partial charge is 0.378 e. The van der Waals surface area contributed by atoms with Crippen LogP contribution >= 0.6 is 0 Å². The molecule has 2 nitrogen and oxygen atoms in total. The van der Waals surface area contributed by atoms with Crippen LogP contribution in [-0.2, 0) is 4.79 Å². The van der Waals surface area contributed by atoms with Crippen LogP contribution in [0.4, 0.5) is 4.39 Å². The molecule has 3 heteroatoms. The monoisotopic (exact) mass is 296 g/mol. The van der Waals surface area contributed by atoms with Gasteiger partial charge in [0.05, 0.1) is 0 Å². The number of Topliss-reactive ketones (excluding diaryl/α,β-unsaturated/α-hetero) is 1. The molecule has 0 spiro atoms. The zero-order valence-electron chi connectivity index (χ0n) is 12.1. The van der Waals surface area contributed by atoms with Gasteiger partial charge in [0.1, 0.15) is 11.4 Å². The highest BCUT2D eigenvalue weighted by Gasteiger charge is 2.43. The van der Waals surface area contributed by atoms with Gasteiger partial charge in [-0.25, -0.2) is 4.39 Å². The average Bonchev–Trinajstić information content (AvgIpc) is 2.84. The average molecular weight is 296 g/mol. The van der Waals surface area contributed by atoms with Crippen LogP contribution in [-0.4, -0.2) is 16.5 Å². The standard InChI is InChI=1S/C19H17FO2/c20-17-8-6-14(7-9-17)10-11-19(22)13-16(12-18(19)21)15-4-2-1-3-5-15/h1-11,16,22H,12-13H2/b11-10+/t16-,19-/m0/s1. The molecule has 0 amide bonds. The maximum atomic E-state index is 12.9. The molecule has 0 aliphatic heterocycles. The van der Waals surface area contributed by atoms with E-state index in [0.29, 0.717) is 12.8 Å². The van der Waals surface area contributed by atoms with Gasteiger partial charge in [0.25, 0.3) is 0 Å². The van der Waals surface area contributed by atoms with Gasteiger partial charge < -0.3 is 5.11 Å². The lowest BCUT2D eigenvalue weighted by atomic mass is 9.94. The van der Waals surface area contributed by atoms with E-state index in [1.807, 2.05) is 30.3 Å². The van der Waals surface area contributed by atoms with Crippen LogP contribution in [0, 0.1) is 5.82 Å². The molecular weight excluding hydrogens is 279 g/mol. The summed E-state index contributed by atoms with van der Waals surface area (Å²) >= 11 is 0. The van der Waals surface area contributed by atoms with Crippen LogP contribution in [0.1, 0.15) is 29.9 Å². The molecule has 2 atom stereocenters. The molecule has 1 saturated carbocycles. The maximum absolute atomic E-state index is 12.9. The number of aliphatic hydroxyl groups is 1. The van der Waals surface area contributed by atoms with Crippen LogP contribution in [0.25, 0.3) is 6.08 Å². The van der Waals surface area contributed by atoms with Crippen molar-refractivity contribution in [1.82, 2.24) is 0 Å². The third-order valence-electron chi connectivity index (χ3n) is 4.16. The van der Waals surface area contributed by atoms with Gasteiger partial charge in [-0.15, -0.1) is 0 Å². The third kappa shape index (κ3) is 3.00. The van der Waals surface area contributed by atoms with Gasteiger partial charge in [-0.3, -0.25) is 4.79 Å². The van der Waals surface area contributed by atoms with E-state index < -0.39 is 5.60 Å². The Balaban J connectivity index is 1.78. The van der Waals surface area contributed by atoms with E-state index in [4.69, 9.17) is 0 Å². The predicted octanol–water partition coefficient (Wildman–Crippen LogP) is 3.72. The van der Waals surface area contributed by atoms with Crippen molar-refractivity contribution in [3.8, 4) is 0 Å². The Bertz CT molecular complexity index is 691. The highest BCUT2D eigenvalue weighted by atomic mass is 19.1. The normalized spacial score (nSPS) is 25.0. The molecule has 0 saturated heterocycles. The number of carbonyl (C=O) groups is 1. The van der Waals surface area contributed by atoms with E-state index in [1.54, 1.807) is 18.2 Å². The summed E-state index contributed by atoms with van der Waals surface area (Å²) in [6.07, 6.45) is 3.93. The molecule has 2 aromatic carbocycles. The van der Waals surface area contributed by atoms with Gasteiger partial charge in [0.15, 0.2) is 5.78 Å².